The highest BCUT2D eigenvalue weighted by molar-refractivity contribution is 5.88. The maximum absolute atomic E-state index is 11.9. The quantitative estimate of drug-likeness (QED) is 0.588. The van der Waals surface area contributed by atoms with E-state index in [1.54, 1.807) is 6.08 Å². The van der Waals surface area contributed by atoms with Gasteiger partial charge in [-0.15, -0.1) is 6.42 Å². The molecule has 0 aromatic carbocycles. The molecule has 19 heavy (non-hydrogen) atoms. The topological polar surface area (TPSA) is 41.6 Å². The van der Waals surface area contributed by atoms with Crippen LogP contribution < -0.4 is 5.32 Å². The highest BCUT2D eigenvalue weighted by Crippen LogP contribution is 2.57. The summed E-state index contributed by atoms with van der Waals surface area (Å²) < 4.78 is 5.71. The Hall–Kier alpha value is -1.31. The predicted molar refractivity (Wildman–Crippen MR) is 74.5 cm³/mol. The molecule has 4 nitrogen and oxygen atoms in total. The zero-order valence-corrected chi connectivity index (χ0v) is 11.9. The second kappa shape index (κ2) is 4.99. The molecule has 1 heterocycles. The van der Waals surface area contributed by atoms with Crippen molar-refractivity contribution in [2.75, 3.05) is 26.7 Å². The van der Waals surface area contributed by atoms with Crippen LogP contribution in [0.25, 0.3) is 0 Å². The standard InChI is InChI=1S/C15H22N2O2/c1-5-8-17(4)9-6-7-13(18)16-15-10-12(15)11-19-14(15,2)3/h1,6-7,12H,8-11H2,2-4H3,(H,16,18)/b7-6+. The van der Waals surface area contributed by atoms with Gasteiger partial charge in [-0.3, -0.25) is 9.69 Å². The predicted octanol–water partition coefficient (Wildman–Crippen LogP) is 0.791. The number of carbonyl (C=O) groups is 1. The fraction of sp³-hybridized carbons (Fsp3) is 0.667. The Morgan fingerprint density at radius 3 is 2.89 bits per heavy atom. The van der Waals surface area contributed by atoms with Gasteiger partial charge in [0, 0.05) is 18.5 Å². The normalized spacial score (nSPS) is 31.2. The molecule has 2 unspecified atom stereocenters. The third-order valence-electron chi connectivity index (χ3n) is 4.22. The van der Waals surface area contributed by atoms with Crippen molar-refractivity contribution in [2.24, 2.45) is 5.92 Å². The minimum absolute atomic E-state index is 0.0461. The van der Waals surface area contributed by atoms with Crippen molar-refractivity contribution >= 4 is 5.91 Å². The fourth-order valence-corrected chi connectivity index (χ4v) is 2.83. The van der Waals surface area contributed by atoms with E-state index in [1.807, 2.05) is 31.9 Å². The van der Waals surface area contributed by atoms with E-state index in [2.05, 4.69) is 11.2 Å². The third-order valence-corrected chi connectivity index (χ3v) is 4.22. The van der Waals surface area contributed by atoms with E-state index < -0.39 is 0 Å². The lowest BCUT2D eigenvalue weighted by Gasteiger charge is -2.30. The number of nitrogens with zero attached hydrogens (tertiary/aromatic N) is 1. The highest BCUT2D eigenvalue weighted by atomic mass is 16.5. The van der Waals surface area contributed by atoms with Gasteiger partial charge in [0.25, 0.3) is 0 Å². The van der Waals surface area contributed by atoms with Gasteiger partial charge in [0.15, 0.2) is 0 Å². The van der Waals surface area contributed by atoms with Crippen LogP contribution >= 0.6 is 0 Å². The number of likely N-dealkylation sites (N-methyl/N-ethyl adjacent to an activating group) is 1. The largest absolute Gasteiger partial charge is 0.373 e. The number of hydrogen-bond acceptors (Lipinski definition) is 3. The summed E-state index contributed by atoms with van der Waals surface area (Å²) in [4.78, 5) is 13.9. The van der Waals surface area contributed by atoms with Gasteiger partial charge in [-0.1, -0.05) is 12.0 Å². The first kappa shape index (κ1) is 14.1. The molecule has 104 valence electrons. The highest BCUT2D eigenvalue weighted by Gasteiger charge is 2.69. The van der Waals surface area contributed by atoms with Crippen molar-refractivity contribution in [1.82, 2.24) is 10.2 Å². The summed E-state index contributed by atoms with van der Waals surface area (Å²) in [5, 5.41) is 3.12. The van der Waals surface area contributed by atoms with Crippen molar-refractivity contribution in [1.29, 1.82) is 0 Å². The summed E-state index contributed by atoms with van der Waals surface area (Å²) in [7, 11) is 1.92. The number of ether oxygens (including phenoxy) is 1. The van der Waals surface area contributed by atoms with Crippen LogP contribution in [0.5, 0.6) is 0 Å². The van der Waals surface area contributed by atoms with Gasteiger partial charge in [-0.2, -0.15) is 0 Å². The van der Waals surface area contributed by atoms with E-state index in [4.69, 9.17) is 11.2 Å². The zero-order valence-electron chi connectivity index (χ0n) is 11.9. The Balaban J connectivity index is 1.83. The lowest BCUT2D eigenvalue weighted by atomic mass is 9.95. The number of rotatable bonds is 5. The van der Waals surface area contributed by atoms with Crippen molar-refractivity contribution in [2.45, 2.75) is 31.4 Å². The molecule has 0 spiro atoms. The molecular weight excluding hydrogens is 240 g/mol. The average molecular weight is 262 g/mol. The minimum atomic E-state index is -0.262. The fourth-order valence-electron chi connectivity index (χ4n) is 2.83. The molecule has 0 bridgehead atoms. The maximum Gasteiger partial charge on any atom is 0.244 e. The van der Waals surface area contributed by atoms with Crippen molar-refractivity contribution in [3.05, 3.63) is 12.2 Å². The second-order valence-corrected chi connectivity index (χ2v) is 5.99. The first-order valence-corrected chi connectivity index (χ1v) is 6.66. The molecule has 1 aliphatic heterocycles. The summed E-state index contributed by atoms with van der Waals surface area (Å²) in [6.45, 7) is 6.10. The Kier molecular flexibility index (Phi) is 3.71. The number of terminal acetylenes is 1. The second-order valence-electron chi connectivity index (χ2n) is 5.99. The molecule has 2 rings (SSSR count). The van der Waals surface area contributed by atoms with E-state index in [0.29, 0.717) is 19.0 Å². The molecule has 1 saturated carbocycles. The summed E-state index contributed by atoms with van der Waals surface area (Å²) in [6.07, 6.45) is 9.66. The number of amides is 1. The number of carbonyl (C=O) groups excluding carboxylic acids is 1. The summed E-state index contributed by atoms with van der Waals surface area (Å²) in [5.74, 6) is 2.99. The van der Waals surface area contributed by atoms with Crippen LogP contribution in [0.4, 0.5) is 0 Å². The van der Waals surface area contributed by atoms with Gasteiger partial charge in [-0.05, 0) is 27.3 Å². The Labute approximate surface area is 115 Å². The Morgan fingerprint density at radius 2 is 2.37 bits per heavy atom. The van der Waals surface area contributed by atoms with Gasteiger partial charge in [-0.25, -0.2) is 0 Å². The maximum atomic E-state index is 11.9. The molecule has 2 fully saturated rings. The third kappa shape index (κ3) is 2.68. The number of fused-ring (bicyclic) bond motifs is 1. The molecule has 2 atom stereocenters. The Morgan fingerprint density at radius 1 is 1.63 bits per heavy atom. The van der Waals surface area contributed by atoms with Crippen LogP contribution in [0.3, 0.4) is 0 Å². The number of nitrogens with one attached hydrogen (secondary N) is 1. The van der Waals surface area contributed by atoms with Crippen LogP contribution in [-0.2, 0) is 9.53 Å². The molecule has 1 amide bonds. The monoisotopic (exact) mass is 262 g/mol. The van der Waals surface area contributed by atoms with Crippen LogP contribution in [0.1, 0.15) is 20.3 Å². The zero-order chi connectivity index (χ0) is 14.1. The van der Waals surface area contributed by atoms with Crippen molar-refractivity contribution < 1.29 is 9.53 Å². The molecule has 0 radical (unpaired) electrons. The first-order chi connectivity index (χ1) is 8.91. The summed E-state index contributed by atoms with van der Waals surface area (Å²) >= 11 is 0. The van der Waals surface area contributed by atoms with Crippen LogP contribution in [0.2, 0.25) is 0 Å². The van der Waals surface area contributed by atoms with Crippen LogP contribution in [0, 0.1) is 18.3 Å². The van der Waals surface area contributed by atoms with E-state index in [9.17, 15) is 4.79 Å². The lowest BCUT2D eigenvalue weighted by molar-refractivity contribution is -0.119. The summed E-state index contributed by atoms with van der Waals surface area (Å²) in [5.41, 5.74) is -0.416. The lowest BCUT2D eigenvalue weighted by Crippen LogP contribution is -2.50. The minimum Gasteiger partial charge on any atom is -0.373 e. The van der Waals surface area contributed by atoms with Gasteiger partial charge in [0.05, 0.1) is 24.3 Å². The van der Waals surface area contributed by atoms with Gasteiger partial charge in [0.1, 0.15) is 0 Å². The molecule has 0 aromatic heterocycles. The summed E-state index contributed by atoms with van der Waals surface area (Å²) in [6, 6.07) is 0. The Bertz CT molecular complexity index is 436. The smallest absolute Gasteiger partial charge is 0.244 e. The van der Waals surface area contributed by atoms with Gasteiger partial charge in [0.2, 0.25) is 5.91 Å². The SMILES string of the molecule is C#CCN(C)C/C=C/C(=O)NC12CC1COC2(C)C. The molecule has 0 aromatic rings. The number of hydrogen-bond donors (Lipinski definition) is 1. The molecule has 2 aliphatic rings. The molecule has 1 aliphatic carbocycles. The van der Waals surface area contributed by atoms with Crippen LogP contribution in [-0.4, -0.2) is 48.7 Å². The first-order valence-electron chi connectivity index (χ1n) is 6.66. The van der Waals surface area contributed by atoms with E-state index in [-0.39, 0.29) is 17.0 Å². The van der Waals surface area contributed by atoms with E-state index in [0.717, 1.165) is 13.0 Å². The molecular formula is C15H22N2O2. The van der Waals surface area contributed by atoms with Gasteiger partial charge < -0.3 is 10.1 Å². The van der Waals surface area contributed by atoms with E-state index >= 15 is 0 Å². The van der Waals surface area contributed by atoms with Crippen molar-refractivity contribution in [3.8, 4) is 12.3 Å². The molecule has 4 heteroatoms. The average Bonchev–Trinajstić information content (AvgIpc) is 2.96. The van der Waals surface area contributed by atoms with E-state index in [1.165, 1.54) is 0 Å². The van der Waals surface area contributed by atoms with Crippen molar-refractivity contribution in [3.63, 3.8) is 0 Å². The van der Waals surface area contributed by atoms with Crippen LogP contribution in [0.15, 0.2) is 12.2 Å². The molecule has 1 saturated heterocycles. The molecule has 1 N–H and O–H groups in total. The van der Waals surface area contributed by atoms with Gasteiger partial charge >= 0.3 is 0 Å².